The number of hydrogen-bond acceptors (Lipinski definition) is 4. The van der Waals surface area contributed by atoms with Crippen LogP contribution < -0.4 is 14.8 Å². The minimum absolute atomic E-state index is 0.304. The van der Waals surface area contributed by atoms with Gasteiger partial charge in [-0.3, -0.25) is 4.98 Å². The smallest absolute Gasteiger partial charge is 0.231 e. The van der Waals surface area contributed by atoms with Gasteiger partial charge in [-0.25, -0.2) is 0 Å². The first-order chi connectivity index (χ1) is 6.75. The SMILES string of the molecule is CC(C)NCc1cc2c(cn1)OCO2. The maximum atomic E-state index is 5.26. The molecule has 0 bridgehead atoms. The molecule has 0 fully saturated rings. The maximum absolute atomic E-state index is 5.26. The van der Waals surface area contributed by atoms with E-state index in [1.165, 1.54) is 0 Å². The van der Waals surface area contributed by atoms with Crippen LogP contribution in [-0.2, 0) is 6.54 Å². The number of aromatic nitrogens is 1. The fourth-order valence-electron chi connectivity index (χ4n) is 1.25. The Balaban J connectivity index is 2.05. The van der Waals surface area contributed by atoms with Gasteiger partial charge in [-0.1, -0.05) is 13.8 Å². The summed E-state index contributed by atoms with van der Waals surface area (Å²) in [5.74, 6) is 1.53. The largest absolute Gasteiger partial charge is 0.453 e. The molecule has 1 aliphatic heterocycles. The van der Waals surface area contributed by atoms with Gasteiger partial charge in [0.25, 0.3) is 0 Å². The van der Waals surface area contributed by atoms with Gasteiger partial charge in [-0.05, 0) is 0 Å². The molecule has 0 spiro atoms. The third-order valence-corrected chi connectivity index (χ3v) is 2.01. The minimum Gasteiger partial charge on any atom is -0.453 e. The van der Waals surface area contributed by atoms with Gasteiger partial charge in [0.05, 0.1) is 11.9 Å². The van der Waals surface area contributed by atoms with Crippen molar-refractivity contribution < 1.29 is 9.47 Å². The fourth-order valence-corrected chi connectivity index (χ4v) is 1.25. The molecule has 0 saturated heterocycles. The summed E-state index contributed by atoms with van der Waals surface area (Å²) in [7, 11) is 0. The van der Waals surface area contributed by atoms with Crippen LogP contribution in [-0.4, -0.2) is 17.8 Å². The Kier molecular flexibility index (Phi) is 2.54. The Morgan fingerprint density at radius 3 is 3.00 bits per heavy atom. The van der Waals surface area contributed by atoms with Crippen LogP contribution in [0.3, 0.4) is 0 Å². The lowest BCUT2D eigenvalue weighted by Gasteiger charge is -2.07. The summed E-state index contributed by atoms with van der Waals surface area (Å²) in [5, 5.41) is 3.29. The van der Waals surface area contributed by atoms with E-state index in [1.54, 1.807) is 6.20 Å². The van der Waals surface area contributed by atoms with E-state index in [0.29, 0.717) is 12.8 Å². The first-order valence-electron chi connectivity index (χ1n) is 4.73. The van der Waals surface area contributed by atoms with E-state index in [4.69, 9.17) is 9.47 Å². The molecule has 1 aromatic heterocycles. The molecule has 0 atom stereocenters. The van der Waals surface area contributed by atoms with Crippen LogP contribution >= 0.6 is 0 Å². The number of hydrogen-bond donors (Lipinski definition) is 1. The van der Waals surface area contributed by atoms with Crippen molar-refractivity contribution >= 4 is 0 Å². The summed E-state index contributed by atoms with van der Waals surface area (Å²) in [6, 6.07) is 2.37. The van der Waals surface area contributed by atoms with Crippen molar-refractivity contribution in [2.24, 2.45) is 0 Å². The highest BCUT2D eigenvalue weighted by atomic mass is 16.7. The van der Waals surface area contributed by atoms with Gasteiger partial charge in [0.2, 0.25) is 6.79 Å². The van der Waals surface area contributed by atoms with Crippen LogP contribution in [0.15, 0.2) is 12.3 Å². The first-order valence-corrected chi connectivity index (χ1v) is 4.73. The van der Waals surface area contributed by atoms with Crippen LogP contribution in [0.2, 0.25) is 0 Å². The van der Waals surface area contributed by atoms with Crippen molar-refractivity contribution in [3.05, 3.63) is 18.0 Å². The molecule has 0 aromatic carbocycles. The van der Waals surface area contributed by atoms with Gasteiger partial charge in [-0.2, -0.15) is 0 Å². The molecule has 2 rings (SSSR count). The maximum Gasteiger partial charge on any atom is 0.231 e. The summed E-state index contributed by atoms with van der Waals surface area (Å²) in [4.78, 5) is 4.25. The van der Waals surface area contributed by atoms with Crippen LogP contribution in [0.5, 0.6) is 11.5 Å². The molecular weight excluding hydrogens is 180 g/mol. The molecule has 1 aliphatic rings. The normalized spacial score (nSPS) is 13.6. The zero-order valence-electron chi connectivity index (χ0n) is 8.41. The molecule has 4 nitrogen and oxygen atoms in total. The van der Waals surface area contributed by atoms with E-state index in [1.807, 2.05) is 6.07 Å². The van der Waals surface area contributed by atoms with E-state index < -0.39 is 0 Å². The Hall–Kier alpha value is -1.29. The molecule has 0 amide bonds. The molecule has 14 heavy (non-hydrogen) atoms. The molecule has 0 unspecified atom stereocenters. The molecule has 1 N–H and O–H groups in total. The standard InChI is InChI=1S/C10H14N2O2/c1-7(2)11-4-8-3-9-10(5-12-8)14-6-13-9/h3,5,7,11H,4,6H2,1-2H3. The lowest BCUT2D eigenvalue weighted by atomic mass is 10.3. The summed E-state index contributed by atoms with van der Waals surface area (Å²) >= 11 is 0. The first kappa shape index (κ1) is 9.27. The zero-order chi connectivity index (χ0) is 9.97. The van der Waals surface area contributed by atoms with E-state index in [-0.39, 0.29) is 0 Å². The topological polar surface area (TPSA) is 43.4 Å². The molecule has 4 heteroatoms. The van der Waals surface area contributed by atoms with E-state index >= 15 is 0 Å². The van der Waals surface area contributed by atoms with Gasteiger partial charge in [0.15, 0.2) is 11.5 Å². The molecule has 1 aromatic rings. The summed E-state index contributed by atoms with van der Waals surface area (Å²) < 4.78 is 10.4. The highest BCUT2D eigenvalue weighted by Crippen LogP contribution is 2.30. The molecule has 0 saturated carbocycles. The number of pyridine rings is 1. The van der Waals surface area contributed by atoms with Crippen molar-refractivity contribution in [3.63, 3.8) is 0 Å². The third-order valence-electron chi connectivity index (χ3n) is 2.01. The van der Waals surface area contributed by atoms with Gasteiger partial charge in [0, 0.05) is 18.7 Å². The number of nitrogens with one attached hydrogen (secondary N) is 1. The second-order valence-corrected chi connectivity index (χ2v) is 3.56. The van der Waals surface area contributed by atoms with Gasteiger partial charge in [-0.15, -0.1) is 0 Å². The molecule has 76 valence electrons. The number of rotatable bonds is 3. The van der Waals surface area contributed by atoms with Gasteiger partial charge < -0.3 is 14.8 Å². The molecule has 0 aliphatic carbocycles. The van der Waals surface area contributed by atoms with Crippen molar-refractivity contribution in [1.29, 1.82) is 0 Å². The van der Waals surface area contributed by atoms with Crippen LogP contribution in [0, 0.1) is 0 Å². The van der Waals surface area contributed by atoms with E-state index in [9.17, 15) is 0 Å². The summed E-state index contributed by atoms with van der Waals surface area (Å²) in [6.07, 6.45) is 1.71. The summed E-state index contributed by atoms with van der Waals surface area (Å²) in [5.41, 5.74) is 0.975. The minimum atomic E-state index is 0.304. The van der Waals surface area contributed by atoms with Crippen molar-refractivity contribution in [1.82, 2.24) is 10.3 Å². The average molecular weight is 194 g/mol. The van der Waals surface area contributed by atoms with Crippen molar-refractivity contribution in [3.8, 4) is 11.5 Å². The Morgan fingerprint density at radius 2 is 2.21 bits per heavy atom. The average Bonchev–Trinajstić information content (AvgIpc) is 2.61. The van der Waals surface area contributed by atoms with Crippen molar-refractivity contribution in [2.75, 3.05) is 6.79 Å². The van der Waals surface area contributed by atoms with Gasteiger partial charge >= 0.3 is 0 Å². The Labute approximate surface area is 83.2 Å². The van der Waals surface area contributed by atoms with Crippen LogP contribution in [0.1, 0.15) is 19.5 Å². The Morgan fingerprint density at radius 1 is 1.43 bits per heavy atom. The molecule has 2 heterocycles. The predicted octanol–water partition coefficient (Wildman–Crippen LogP) is 1.31. The van der Waals surface area contributed by atoms with E-state index in [2.05, 4.69) is 24.1 Å². The predicted molar refractivity (Wildman–Crippen MR) is 52.3 cm³/mol. The monoisotopic (exact) mass is 194 g/mol. The quantitative estimate of drug-likeness (QED) is 0.787. The molecular formula is C10H14N2O2. The number of ether oxygens (including phenoxy) is 2. The lowest BCUT2D eigenvalue weighted by molar-refractivity contribution is 0.174. The Bertz CT molecular complexity index is 326. The van der Waals surface area contributed by atoms with Crippen LogP contribution in [0.4, 0.5) is 0 Å². The third kappa shape index (κ3) is 1.96. The van der Waals surface area contributed by atoms with Crippen molar-refractivity contribution in [2.45, 2.75) is 26.4 Å². The van der Waals surface area contributed by atoms with E-state index in [0.717, 1.165) is 23.7 Å². The second-order valence-electron chi connectivity index (χ2n) is 3.56. The lowest BCUT2D eigenvalue weighted by Crippen LogP contribution is -2.22. The highest BCUT2D eigenvalue weighted by molar-refractivity contribution is 5.40. The number of fused-ring (bicyclic) bond motifs is 1. The molecule has 0 radical (unpaired) electrons. The highest BCUT2D eigenvalue weighted by Gasteiger charge is 2.13. The number of nitrogens with zero attached hydrogens (tertiary/aromatic N) is 1. The zero-order valence-corrected chi connectivity index (χ0v) is 8.41. The second kappa shape index (κ2) is 3.84. The summed E-state index contributed by atoms with van der Waals surface area (Å²) in [6.45, 7) is 5.27. The fraction of sp³-hybridized carbons (Fsp3) is 0.500. The van der Waals surface area contributed by atoms with Crippen LogP contribution in [0.25, 0.3) is 0 Å². The van der Waals surface area contributed by atoms with Gasteiger partial charge in [0.1, 0.15) is 0 Å².